The Morgan fingerprint density at radius 3 is 2.53 bits per heavy atom. The highest BCUT2D eigenvalue weighted by Gasteiger charge is 2.17. The molecule has 0 fully saturated rings. The summed E-state index contributed by atoms with van der Waals surface area (Å²) < 4.78 is 6.44. The second-order valence-electron chi connectivity index (χ2n) is 5.00. The lowest BCUT2D eigenvalue weighted by Gasteiger charge is -2.19. The number of alkyl carbamates (subject to hydrolysis) is 1. The minimum absolute atomic E-state index is 0.100. The van der Waals surface area contributed by atoms with Gasteiger partial charge in [-0.3, -0.25) is 4.68 Å². The highest BCUT2D eigenvalue weighted by atomic mass is 16.6. The van der Waals surface area contributed by atoms with Crippen molar-refractivity contribution in [3.05, 3.63) is 17.5 Å². The number of hydrogen-bond acceptors (Lipinski definition) is 4. The number of amides is 1. The summed E-state index contributed by atoms with van der Waals surface area (Å²) in [5.41, 5.74) is 0.00706. The Morgan fingerprint density at radius 1 is 1.47 bits per heavy atom. The van der Waals surface area contributed by atoms with Crippen LogP contribution >= 0.6 is 0 Å². The third-order valence-corrected chi connectivity index (χ3v) is 2.16. The maximum Gasteiger partial charge on any atom is 0.407 e. The van der Waals surface area contributed by atoms with Crippen molar-refractivity contribution in [3.63, 3.8) is 0 Å². The molecule has 0 bridgehead atoms. The Morgan fingerprint density at radius 2 is 2.11 bits per heavy atom. The van der Waals surface area contributed by atoms with Crippen molar-refractivity contribution in [2.45, 2.75) is 46.4 Å². The molecule has 0 spiro atoms. The average Bonchev–Trinajstić information content (AvgIpc) is 2.67. The summed E-state index contributed by atoms with van der Waals surface area (Å²) in [6.07, 6.45) is -0.560. The molecule has 0 saturated heterocycles. The number of rotatable bonds is 4. The monoisotopic (exact) mass is 269 g/mol. The molecule has 1 amide bonds. The molecule has 1 heterocycles. The van der Waals surface area contributed by atoms with Gasteiger partial charge >= 0.3 is 12.1 Å². The fourth-order valence-corrected chi connectivity index (χ4v) is 1.45. The third kappa shape index (κ3) is 4.61. The molecule has 0 aliphatic heterocycles. The Kier molecular flexibility index (Phi) is 4.52. The molecule has 0 saturated carbocycles. The van der Waals surface area contributed by atoms with E-state index in [0.29, 0.717) is 12.2 Å². The number of aryl methyl sites for hydroxylation is 1. The number of carbonyl (C=O) groups is 2. The van der Waals surface area contributed by atoms with Crippen molar-refractivity contribution in [2.75, 3.05) is 0 Å². The molecular formula is C12H19N3O4. The molecule has 1 rings (SSSR count). The minimum Gasteiger partial charge on any atom is -0.477 e. The van der Waals surface area contributed by atoms with Gasteiger partial charge in [-0.1, -0.05) is 0 Å². The zero-order valence-electron chi connectivity index (χ0n) is 11.6. The van der Waals surface area contributed by atoms with Gasteiger partial charge in [0.25, 0.3) is 0 Å². The van der Waals surface area contributed by atoms with Gasteiger partial charge in [0.1, 0.15) is 11.3 Å². The summed E-state index contributed by atoms with van der Waals surface area (Å²) in [7, 11) is 0. The van der Waals surface area contributed by atoms with Gasteiger partial charge in [-0.2, -0.15) is 5.10 Å². The summed E-state index contributed by atoms with van der Waals surface area (Å²) in [5.74, 6) is -1.04. The van der Waals surface area contributed by atoms with Gasteiger partial charge in [-0.15, -0.1) is 0 Å². The molecule has 0 unspecified atom stereocenters. The first-order chi connectivity index (χ1) is 8.73. The highest BCUT2D eigenvalue weighted by Crippen LogP contribution is 2.08. The van der Waals surface area contributed by atoms with E-state index in [4.69, 9.17) is 9.84 Å². The van der Waals surface area contributed by atoms with Crippen LogP contribution in [0.3, 0.4) is 0 Å². The SMILES string of the molecule is CCn1nc(CNC(=O)OC(C)(C)C)cc1C(=O)O. The van der Waals surface area contributed by atoms with Crippen molar-refractivity contribution < 1.29 is 19.4 Å². The number of carbonyl (C=O) groups excluding carboxylic acids is 1. The van der Waals surface area contributed by atoms with Gasteiger partial charge in [-0.25, -0.2) is 9.59 Å². The molecule has 0 atom stereocenters. The Labute approximate surface area is 111 Å². The molecule has 1 aromatic heterocycles. The number of aromatic carboxylic acids is 1. The van der Waals surface area contributed by atoms with Gasteiger partial charge in [0.05, 0.1) is 12.2 Å². The predicted molar refractivity (Wildman–Crippen MR) is 67.9 cm³/mol. The second-order valence-corrected chi connectivity index (χ2v) is 5.00. The molecule has 2 N–H and O–H groups in total. The zero-order valence-corrected chi connectivity index (χ0v) is 11.6. The van der Waals surface area contributed by atoms with E-state index in [0.717, 1.165) is 0 Å². The van der Waals surface area contributed by atoms with Crippen LogP contribution in [0.1, 0.15) is 43.9 Å². The van der Waals surface area contributed by atoms with E-state index in [9.17, 15) is 9.59 Å². The van der Waals surface area contributed by atoms with Crippen LogP contribution in [-0.2, 0) is 17.8 Å². The molecule has 19 heavy (non-hydrogen) atoms. The molecule has 7 nitrogen and oxygen atoms in total. The molecule has 1 aromatic rings. The summed E-state index contributed by atoms with van der Waals surface area (Å²) in [5, 5.41) is 15.6. The van der Waals surface area contributed by atoms with E-state index >= 15 is 0 Å². The topological polar surface area (TPSA) is 93.5 Å². The Bertz CT molecular complexity index is 474. The van der Waals surface area contributed by atoms with Crippen molar-refractivity contribution in [2.24, 2.45) is 0 Å². The van der Waals surface area contributed by atoms with Crippen LogP contribution in [0.2, 0.25) is 0 Å². The molecule has 106 valence electrons. The van der Waals surface area contributed by atoms with Crippen molar-refractivity contribution in [1.82, 2.24) is 15.1 Å². The van der Waals surface area contributed by atoms with Gasteiger partial charge in [-0.05, 0) is 33.8 Å². The molecular weight excluding hydrogens is 250 g/mol. The maximum atomic E-state index is 11.4. The fourth-order valence-electron chi connectivity index (χ4n) is 1.45. The second kappa shape index (κ2) is 5.73. The van der Waals surface area contributed by atoms with Crippen molar-refractivity contribution >= 4 is 12.1 Å². The first-order valence-corrected chi connectivity index (χ1v) is 6.00. The highest BCUT2D eigenvalue weighted by molar-refractivity contribution is 5.85. The number of nitrogens with zero attached hydrogens (tertiary/aromatic N) is 2. The van der Waals surface area contributed by atoms with Crippen molar-refractivity contribution in [1.29, 1.82) is 0 Å². The van der Waals surface area contributed by atoms with Crippen LogP contribution in [0.25, 0.3) is 0 Å². The Hall–Kier alpha value is -2.05. The van der Waals surface area contributed by atoms with Gasteiger partial charge in [0, 0.05) is 6.54 Å². The smallest absolute Gasteiger partial charge is 0.407 e. The average molecular weight is 269 g/mol. The molecule has 0 aromatic carbocycles. The quantitative estimate of drug-likeness (QED) is 0.866. The van der Waals surface area contributed by atoms with Crippen LogP contribution in [0.15, 0.2) is 6.07 Å². The molecule has 7 heteroatoms. The number of carboxylic acid groups (broad SMARTS) is 1. The minimum atomic E-state index is -1.04. The van der Waals surface area contributed by atoms with Gasteiger partial charge < -0.3 is 15.2 Å². The number of aromatic nitrogens is 2. The lowest BCUT2D eigenvalue weighted by atomic mass is 10.2. The van der Waals surface area contributed by atoms with E-state index in [2.05, 4.69) is 10.4 Å². The first-order valence-electron chi connectivity index (χ1n) is 6.00. The predicted octanol–water partition coefficient (Wildman–Crippen LogP) is 1.63. The normalized spacial score (nSPS) is 11.2. The summed E-state index contributed by atoms with van der Waals surface area (Å²) in [6, 6.07) is 1.43. The van der Waals surface area contributed by atoms with Crippen LogP contribution in [0, 0.1) is 0 Å². The van der Waals surface area contributed by atoms with E-state index in [1.54, 1.807) is 27.7 Å². The zero-order chi connectivity index (χ0) is 14.6. The van der Waals surface area contributed by atoms with Crippen LogP contribution in [-0.4, -0.2) is 32.6 Å². The lowest BCUT2D eigenvalue weighted by molar-refractivity contribution is 0.0522. The third-order valence-electron chi connectivity index (χ3n) is 2.16. The van der Waals surface area contributed by atoms with E-state index in [-0.39, 0.29) is 12.2 Å². The fraction of sp³-hybridized carbons (Fsp3) is 0.583. The van der Waals surface area contributed by atoms with Gasteiger partial charge in [0.15, 0.2) is 0 Å². The number of carboxylic acids is 1. The lowest BCUT2D eigenvalue weighted by Crippen LogP contribution is -2.32. The summed E-state index contributed by atoms with van der Waals surface area (Å²) >= 11 is 0. The molecule has 0 aliphatic carbocycles. The largest absolute Gasteiger partial charge is 0.477 e. The van der Waals surface area contributed by atoms with E-state index < -0.39 is 17.7 Å². The summed E-state index contributed by atoms with van der Waals surface area (Å²) in [4.78, 5) is 22.4. The molecule has 0 radical (unpaired) electrons. The molecule has 0 aliphatic rings. The standard InChI is InChI=1S/C12H19N3O4/c1-5-15-9(10(16)17)6-8(14-15)7-13-11(18)19-12(2,3)4/h6H,5,7H2,1-4H3,(H,13,18)(H,16,17). The number of nitrogens with one attached hydrogen (secondary N) is 1. The summed E-state index contributed by atoms with van der Waals surface area (Å²) in [6.45, 7) is 7.67. The van der Waals surface area contributed by atoms with Gasteiger partial charge in [0.2, 0.25) is 0 Å². The van der Waals surface area contributed by atoms with Crippen LogP contribution < -0.4 is 5.32 Å². The Balaban J connectivity index is 2.64. The van der Waals surface area contributed by atoms with Crippen LogP contribution in [0.4, 0.5) is 4.79 Å². The maximum absolute atomic E-state index is 11.4. The number of hydrogen-bond donors (Lipinski definition) is 2. The van der Waals surface area contributed by atoms with Crippen molar-refractivity contribution in [3.8, 4) is 0 Å². The number of ether oxygens (including phenoxy) is 1. The van der Waals surface area contributed by atoms with E-state index in [1.807, 2.05) is 0 Å². The first kappa shape index (κ1) is 15.0. The van der Waals surface area contributed by atoms with Crippen LogP contribution in [0.5, 0.6) is 0 Å². The van der Waals surface area contributed by atoms with E-state index in [1.165, 1.54) is 10.7 Å².